The molecule has 0 aromatic carbocycles. The smallest absolute Gasteiger partial charge is 0.0701 e. The molecule has 0 aromatic rings. The second-order valence-corrected chi connectivity index (χ2v) is 3.87. The maximum Gasteiger partial charge on any atom is 0.0701 e. The van der Waals surface area contributed by atoms with Crippen molar-refractivity contribution in [2.24, 2.45) is 0 Å². The van der Waals surface area contributed by atoms with Gasteiger partial charge < -0.3 is 24.3 Å². The minimum absolute atomic E-state index is 0.660. The second kappa shape index (κ2) is 16.8. The van der Waals surface area contributed by atoms with Crippen molar-refractivity contribution in [3.8, 4) is 0 Å². The molecule has 0 bridgehead atoms. The van der Waals surface area contributed by atoms with Gasteiger partial charge in [-0.05, 0) is 26.3 Å². The summed E-state index contributed by atoms with van der Waals surface area (Å²) in [6, 6.07) is 0. The van der Waals surface area contributed by atoms with E-state index in [4.69, 9.17) is 18.9 Å². The molecule has 0 radical (unpaired) electrons. The van der Waals surface area contributed by atoms with Crippen molar-refractivity contribution in [3.63, 3.8) is 0 Å². The van der Waals surface area contributed by atoms with E-state index in [1.807, 2.05) is 6.92 Å². The summed E-state index contributed by atoms with van der Waals surface area (Å²) in [5.41, 5.74) is 0. The van der Waals surface area contributed by atoms with Gasteiger partial charge in [0.25, 0.3) is 0 Å². The molecule has 0 aliphatic heterocycles. The lowest BCUT2D eigenvalue weighted by Crippen LogP contribution is -2.22. The number of nitrogens with one attached hydrogen (secondary N) is 1. The van der Waals surface area contributed by atoms with Crippen LogP contribution in [-0.4, -0.2) is 66.4 Å². The highest BCUT2D eigenvalue weighted by atomic mass is 16.5. The molecule has 0 saturated heterocycles. The van der Waals surface area contributed by atoms with Crippen LogP contribution in [0.5, 0.6) is 0 Å². The average molecular weight is 263 g/mol. The standard InChI is InChI=1S/C13H29NO4/c1-3-16-9-4-6-14-7-11-18-13-12-17-10-5-8-15-2/h14H,3-13H2,1-2H3. The van der Waals surface area contributed by atoms with Crippen LogP contribution in [0.4, 0.5) is 0 Å². The minimum Gasteiger partial charge on any atom is -0.385 e. The van der Waals surface area contributed by atoms with Crippen LogP contribution in [0.3, 0.4) is 0 Å². The van der Waals surface area contributed by atoms with Crippen LogP contribution >= 0.6 is 0 Å². The molecule has 1 N–H and O–H groups in total. The molecule has 0 heterocycles. The van der Waals surface area contributed by atoms with Crippen molar-refractivity contribution < 1.29 is 18.9 Å². The van der Waals surface area contributed by atoms with Gasteiger partial charge in [-0.15, -0.1) is 0 Å². The van der Waals surface area contributed by atoms with Gasteiger partial charge in [0.1, 0.15) is 0 Å². The number of rotatable bonds is 15. The van der Waals surface area contributed by atoms with Crippen molar-refractivity contribution >= 4 is 0 Å². The first-order valence-electron chi connectivity index (χ1n) is 6.84. The highest BCUT2D eigenvalue weighted by Crippen LogP contribution is 1.84. The van der Waals surface area contributed by atoms with Gasteiger partial charge in [0, 0.05) is 40.1 Å². The van der Waals surface area contributed by atoms with E-state index >= 15 is 0 Å². The molecule has 0 rings (SSSR count). The van der Waals surface area contributed by atoms with E-state index in [-0.39, 0.29) is 0 Å². The van der Waals surface area contributed by atoms with Gasteiger partial charge in [0.2, 0.25) is 0 Å². The summed E-state index contributed by atoms with van der Waals surface area (Å²) in [6.45, 7) is 9.07. The van der Waals surface area contributed by atoms with E-state index in [0.717, 1.165) is 59.0 Å². The summed E-state index contributed by atoms with van der Waals surface area (Å²) >= 11 is 0. The predicted octanol–water partition coefficient (Wildman–Crippen LogP) is 1.07. The van der Waals surface area contributed by atoms with Gasteiger partial charge >= 0.3 is 0 Å². The first-order valence-corrected chi connectivity index (χ1v) is 6.84. The lowest BCUT2D eigenvalue weighted by atomic mass is 10.4. The molecule has 0 aliphatic carbocycles. The van der Waals surface area contributed by atoms with Crippen LogP contribution < -0.4 is 5.32 Å². The summed E-state index contributed by atoms with van der Waals surface area (Å²) in [5, 5.41) is 3.30. The molecular weight excluding hydrogens is 234 g/mol. The molecule has 110 valence electrons. The third-order valence-corrected chi connectivity index (χ3v) is 2.28. The normalized spacial score (nSPS) is 11.0. The third-order valence-electron chi connectivity index (χ3n) is 2.28. The number of methoxy groups -OCH3 is 1. The largest absolute Gasteiger partial charge is 0.385 e. The van der Waals surface area contributed by atoms with Crippen LogP contribution in [0.2, 0.25) is 0 Å². The van der Waals surface area contributed by atoms with Crippen molar-refractivity contribution in [2.75, 3.05) is 66.4 Å². The Labute approximate surface area is 111 Å². The Morgan fingerprint density at radius 1 is 0.722 bits per heavy atom. The van der Waals surface area contributed by atoms with E-state index in [2.05, 4.69) is 5.32 Å². The number of hydrogen-bond acceptors (Lipinski definition) is 5. The topological polar surface area (TPSA) is 49.0 Å². The molecule has 0 aliphatic rings. The molecule has 0 amide bonds. The second-order valence-electron chi connectivity index (χ2n) is 3.87. The Morgan fingerprint density at radius 3 is 2.17 bits per heavy atom. The summed E-state index contributed by atoms with van der Waals surface area (Å²) < 4.78 is 20.9. The molecular formula is C13H29NO4. The Morgan fingerprint density at radius 2 is 1.44 bits per heavy atom. The van der Waals surface area contributed by atoms with Crippen LogP contribution in [-0.2, 0) is 18.9 Å². The SMILES string of the molecule is CCOCCCNCCOCCOCCCOC. The Kier molecular flexibility index (Phi) is 16.6. The molecule has 0 fully saturated rings. The van der Waals surface area contributed by atoms with E-state index in [1.165, 1.54) is 0 Å². The van der Waals surface area contributed by atoms with Gasteiger partial charge in [-0.25, -0.2) is 0 Å². The fourth-order valence-corrected chi connectivity index (χ4v) is 1.34. The third kappa shape index (κ3) is 15.8. The van der Waals surface area contributed by atoms with Crippen molar-refractivity contribution in [1.29, 1.82) is 0 Å². The molecule has 0 saturated carbocycles. The van der Waals surface area contributed by atoms with Crippen molar-refractivity contribution in [3.05, 3.63) is 0 Å². The molecule has 0 spiro atoms. The zero-order chi connectivity index (χ0) is 13.3. The average Bonchev–Trinajstić information content (AvgIpc) is 2.39. The summed E-state index contributed by atoms with van der Waals surface area (Å²) in [7, 11) is 1.70. The molecule has 0 atom stereocenters. The van der Waals surface area contributed by atoms with Gasteiger partial charge in [-0.3, -0.25) is 0 Å². The van der Waals surface area contributed by atoms with Gasteiger partial charge in [-0.1, -0.05) is 0 Å². The maximum atomic E-state index is 5.42. The van der Waals surface area contributed by atoms with Crippen molar-refractivity contribution in [1.82, 2.24) is 5.32 Å². The Bertz CT molecular complexity index is 131. The fraction of sp³-hybridized carbons (Fsp3) is 1.00. The Hall–Kier alpha value is -0.200. The van der Waals surface area contributed by atoms with Crippen LogP contribution in [0.1, 0.15) is 19.8 Å². The number of ether oxygens (including phenoxy) is 4. The zero-order valence-electron chi connectivity index (χ0n) is 11.9. The van der Waals surface area contributed by atoms with E-state index in [9.17, 15) is 0 Å². The quantitative estimate of drug-likeness (QED) is 0.448. The highest BCUT2D eigenvalue weighted by molar-refractivity contribution is 4.46. The Balaban J connectivity index is 2.86. The van der Waals surface area contributed by atoms with Gasteiger partial charge in [0.05, 0.1) is 19.8 Å². The summed E-state index contributed by atoms with van der Waals surface area (Å²) in [5.74, 6) is 0. The molecule has 5 heteroatoms. The van der Waals surface area contributed by atoms with Gasteiger partial charge in [-0.2, -0.15) is 0 Å². The summed E-state index contributed by atoms with van der Waals surface area (Å²) in [4.78, 5) is 0. The van der Waals surface area contributed by atoms with Gasteiger partial charge in [0.15, 0.2) is 0 Å². The van der Waals surface area contributed by atoms with Crippen LogP contribution in [0.25, 0.3) is 0 Å². The van der Waals surface area contributed by atoms with E-state index < -0.39 is 0 Å². The molecule has 18 heavy (non-hydrogen) atoms. The highest BCUT2D eigenvalue weighted by Gasteiger charge is 1.91. The van der Waals surface area contributed by atoms with Crippen LogP contribution in [0.15, 0.2) is 0 Å². The number of hydrogen-bond donors (Lipinski definition) is 1. The van der Waals surface area contributed by atoms with Crippen molar-refractivity contribution in [2.45, 2.75) is 19.8 Å². The van der Waals surface area contributed by atoms with E-state index in [1.54, 1.807) is 7.11 Å². The minimum atomic E-state index is 0.660. The fourth-order valence-electron chi connectivity index (χ4n) is 1.34. The maximum absolute atomic E-state index is 5.42. The van der Waals surface area contributed by atoms with E-state index in [0.29, 0.717) is 13.2 Å². The monoisotopic (exact) mass is 263 g/mol. The predicted molar refractivity (Wildman–Crippen MR) is 72.1 cm³/mol. The lowest BCUT2D eigenvalue weighted by molar-refractivity contribution is 0.0407. The van der Waals surface area contributed by atoms with Crippen LogP contribution in [0, 0.1) is 0 Å². The molecule has 0 aromatic heterocycles. The molecule has 5 nitrogen and oxygen atoms in total. The lowest BCUT2D eigenvalue weighted by Gasteiger charge is -2.07. The first-order chi connectivity index (χ1) is 8.91. The summed E-state index contributed by atoms with van der Waals surface area (Å²) in [6.07, 6.45) is 1.99. The zero-order valence-corrected chi connectivity index (χ0v) is 11.9. The first kappa shape index (κ1) is 17.8. The molecule has 0 unspecified atom stereocenters.